The number of nitrogens with one attached hydrogen (secondary N) is 1. The summed E-state index contributed by atoms with van der Waals surface area (Å²) in [6.45, 7) is 0.688. The van der Waals surface area contributed by atoms with Crippen LogP contribution in [0.4, 0.5) is 11.4 Å². The molecule has 1 aromatic rings. The summed E-state index contributed by atoms with van der Waals surface area (Å²) in [5, 5.41) is 11.7. The predicted molar refractivity (Wildman–Crippen MR) is 66.1 cm³/mol. The number of carbonyl (C=O) groups is 1. The third kappa shape index (κ3) is 4.21. The standard InChI is InChI=1S/C12H18N2O2/c1-14(2)11-7-5-10(6-8-11)13-9-3-4-12(15)16/h5-8,13H,3-4,9H2,1-2H3,(H,15,16). The quantitative estimate of drug-likeness (QED) is 0.723. The molecule has 16 heavy (non-hydrogen) atoms. The molecule has 0 aromatic heterocycles. The van der Waals surface area contributed by atoms with Crippen LogP contribution in [-0.2, 0) is 4.79 Å². The number of anilines is 2. The molecular weight excluding hydrogens is 204 g/mol. The van der Waals surface area contributed by atoms with Gasteiger partial charge in [0.15, 0.2) is 0 Å². The van der Waals surface area contributed by atoms with E-state index in [4.69, 9.17) is 5.11 Å². The Bertz CT molecular complexity index is 333. The fraction of sp³-hybridized carbons (Fsp3) is 0.417. The molecule has 88 valence electrons. The van der Waals surface area contributed by atoms with Crippen LogP contribution in [0.5, 0.6) is 0 Å². The fourth-order valence-electron chi connectivity index (χ4n) is 1.35. The van der Waals surface area contributed by atoms with Gasteiger partial charge < -0.3 is 15.3 Å². The first-order chi connectivity index (χ1) is 7.59. The van der Waals surface area contributed by atoms with E-state index >= 15 is 0 Å². The molecular formula is C12H18N2O2. The lowest BCUT2D eigenvalue weighted by atomic mass is 10.2. The van der Waals surface area contributed by atoms with E-state index in [-0.39, 0.29) is 6.42 Å². The number of carboxylic acid groups (broad SMARTS) is 1. The van der Waals surface area contributed by atoms with Crippen LogP contribution < -0.4 is 10.2 Å². The van der Waals surface area contributed by atoms with E-state index in [0.29, 0.717) is 13.0 Å². The molecule has 0 fully saturated rings. The van der Waals surface area contributed by atoms with Crippen molar-refractivity contribution in [3.8, 4) is 0 Å². The van der Waals surface area contributed by atoms with Crippen LogP contribution in [0.15, 0.2) is 24.3 Å². The van der Waals surface area contributed by atoms with Gasteiger partial charge in [0.05, 0.1) is 0 Å². The van der Waals surface area contributed by atoms with Gasteiger partial charge in [0.2, 0.25) is 0 Å². The lowest BCUT2D eigenvalue weighted by Gasteiger charge is -2.13. The van der Waals surface area contributed by atoms with Crippen molar-refractivity contribution in [2.75, 3.05) is 30.9 Å². The highest BCUT2D eigenvalue weighted by molar-refractivity contribution is 5.66. The highest BCUT2D eigenvalue weighted by atomic mass is 16.4. The van der Waals surface area contributed by atoms with Crippen molar-refractivity contribution in [2.24, 2.45) is 0 Å². The summed E-state index contributed by atoms with van der Waals surface area (Å²) in [4.78, 5) is 12.3. The zero-order valence-electron chi connectivity index (χ0n) is 9.73. The number of carboxylic acids is 1. The van der Waals surface area contributed by atoms with Crippen molar-refractivity contribution in [3.05, 3.63) is 24.3 Å². The number of hydrogen-bond acceptors (Lipinski definition) is 3. The Balaban J connectivity index is 2.35. The lowest BCUT2D eigenvalue weighted by molar-refractivity contribution is -0.137. The third-order valence-corrected chi connectivity index (χ3v) is 2.28. The maximum absolute atomic E-state index is 10.3. The maximum Gasteiger partial charge on any atom is 0.303 e. The maximum atomic E-state index is 10.3. The van der Waals surface area contributed by atoms with Crippen LogP contribution in [0, 0.1) is 0 Å². The molecule has 1 rings (SSSR count). The minimum atomic E-state index is -0.746. The van der Waals surface area contributed by atoms with Gasteiger partial charge in [0.25, 0.3) is 0 Å². The molecule has 0 heterocycles. The highest BCUT2D eigenvalue weighted by Gasteiger charge is 1.97. The van der Waals surface area contributed by atoms with Gasteiger partial charge in [-0.3, -0.25) is 4.79 Å². The second-order valence-electron chi connectivity index (χ2n) is 3.87. The van der Waals surface area contributed by atoms with Crippen molar-refractivity contribution < 1.29 is 9.90 Å². The van der Waals surface area contributed by atoms with E-state index in [1.54, 1.807) is 0 Å². The molecule has 4 nitrogen and oxygen atoms in total. The van der Waals surface area contributed by atoms with E-state index in [2.05, 4.69) is 5.32 Å². The molecule has 0 saturated carbocycles. The SMILES string of the molecule is CN(C)c1ccc(NCCCC(=O)O)cc1. The average Bonchev–Trinajstić information content (AvgIpc) is 2.25. The monoisotopic (exact) mass is 222 g/mol. The van der Waals surface area contributed by atoms with Crippen molar-refractivity contribution in [1.82, 2.24) is 0 Å². The second kappa shape index (κ2) is 6.00. The molecule has 0 saturated heterocycles. The number of aliphatic carboxylic acids is 1. The molecule has 4 heteroatoms. The molecule has 2 N–H and O–H groups in total. The van der Waals surface area contributed by atoms with Gasteiger partial charge >= 0.3 is 5.97 Å². The summed E-state index contributed by atoms with van der Waals surface area (Å²) in [5.74, 6) is -0.746. The Morgan fingerprint density at radius 1 is 1.31 bits per heavy atom. The molecule has 0 amide bonds. The Morgan fingerprint density at radius 3 is 2.44 bits per heavy atom. The van der Waals surface area contributed by atoms with Crippen molar-refractivity contribution in [2.45, 2.75) is 12.8 Å². The molecule has 0 aliphatic carbocycles. The summed E-state index contributed by atoms with van der Waals surface area (Å²) in [6.07, 6.45) is 0.855. The van der Waals surface area contributed by atoms with Gasteiger partial charge in [-0.1, -0.05) is 0 Å². The minimum Gasteiger partial charge on any atom is -0.481 e. The van der Waals surface area contributed by atoms with Gasteiger partial charge in [-0.05, 0) is 30.7 Å². The Hall–Kier alpha value is -1.71. The van der Waals surface area contributed by atoms with Crippen molar-refractivity contribution >= 4 is 17.3 Å². The molecule has 1 aromatic carbocycles. The van der Waals surface area contributed by atoms with E-state index < -0.39 is 5.97 Å². The largest absolute Gasteiger partial charge is 0.481 e. The Kier molecular flexibility index (Phi) is 4.64. The summed E-state index contributed by atoms with van der Waals surface area (Å²) < 4.78 is 0. The summed E-state index contributed by atoms with van der Waals surface area (Å²) in [5.41, 5.74) is 2.17. The summed E-state index contributed by atoms with van der Waals surface area (Å²) in [6, 6.07) is 8.05. The Morgan fingerprint density at radius 2 is 1.94 bits per heavy atom. The second-order valence-corrected chi connectivity index (χ2v) is 3.87. The molecule has 0 bridgehead atoms. The smallest absolute Gasteiger partial charge is 0.303 e. The third-order valence-electron chi connectivity index (χ3n) is 2.28. The van der Waals surface area contributed by atoms with Gasteiger partial charge in [-0.25, -0.2) is 0 Å². The lowest BCUT2D eigenvalue weighted by Crippen LogP contribution is -2.09. The number of rotatable bonds is 6. The molecule has 0 unspecified atom stereocenters. The first-order valence-electron chi connectivity index (χ1n) is 5.32. The van der Waals surface area contributed by atoms with Crippen molar-refractivity contribution in [3.63, 3.8) is 0 Å². The topological polar surface area (TPSA) is 52.6 Å². The van der Waals surface area contributed by atoms with Gasteiger partial charge in [0, 0.05) is 38.4 Å². The number of benzene rings is 1. The first kappa shape index (κ1) is 12.4. The first-order valence-corrected chi connectivity index (χ1v) is 5.32. The van der Waals surface area contributed by atoms with Gasteiger partial charge in [-0.15, -0.1) is 0 Å². The fourth-order valence-corrected chi connectivity index (χ4v) is 1.35. The molecule has 0 atom stereocenters. The highest BCUT2D eigenvalue weighted by Crippen LogP contribution is 2.15. The van der Waals surface area contributed by atoms with E-state index in [0.717, 1.165) is 11.4 Å². The van der Waals surface area contributed by atoms with Gasteiger partial charge in [-0.2, -0.15) is 0 Å². The molecule has 0 aliphatic rings. The Labute approximate surface area is 95.9 Å². The molecule has 0 aliphatic heterocycles. The van der Waals surface area contributed by atoms with E-state index in [1.807, 2.05) is 43.3 Å². The van der Waals surface area contributed by atoms with Crippen LogP contribution >= 0.6 is 0 Å². The summed E-state index contributed by atoms with van der Waals surface area (Å²) >= 11 is 0. The molecule has 0 radical (unpaired) electrons. The zero-order chi connectivity index (χ0) is 12.0. The summed E-state index contributed by atoms with van der Waals surface area (Å²) in [7, 11) is 3.99. The average molecular weight is 222 g/mol. The van der Waals surface area contributed by atoms with Crippen LogP contribution in [0.1, 0.15) is 12.8 Å². The number of nitrogens with zero attached hydrogens (tertiary/aromatic N) is 1. The predicted octanol–water partition coefficient (Wildman–Crippen LogP) is 2.03. The zero-order valence-corrected chi connectivity index (χ0v) is 9.73. The van der Waals surface area contributed by atoms with Crippen LogP contribution in [0.25, 0.3) is 0 Å². The van der Waals surface area contributed by atoms with Crippen LogP contribution in [0.3, 0.4) is 0 Å². The number of hydrogen-bond donors (Lipinski definition) is 2. The minimum absolute atomic E-state index is 0.211. The van der Waals surface area contributed by atoms with E-state index in [9.17, 15) is 4.79 Å². The van der Waals surface area contributed by atoms with Crippen LogP contribution in [0.2, 0.25) is 0 Å². The van der Waals surface area contributed by atoms with Crippen LogP contribution in [-0.4, -0.2) is 31.7 Å². The van der Waals surface area contributed by atoms with E-state index in [1.165, 1.54) is 0 Å². The van der Waals surface area contributed by atoms with Crippen molar-refractivity contribution in [1.29, 1.82) is 0 Å². The normalized spacial score (nSPS) is 9.88. The molecule has 0 spiro atoms. The van der Waals surface area contributed by atoms with Gasteiger partial charge in [0.1, 0.15) is 0 Å².